The van der Waals surface area contributed by atoms with E-state index in [4.69, 9.17) is 18.6 Å². The molecule has 0 aliphatic carbocycles. The van der Waals surface area contributed by atoms with Gasteiger partial charge in [0.2, 0.25) is 0 Å². The van der Waals surface area contributed by atoms with E-state index in [9.17, 15) is 10.2 Å². The van der Waals surface area contributed by atoms with Gasteiger partial charge in [0.15, 0.2) is 12.3 Å². The number of nitrogens with one attached hydrogen (secondary N) is 2. The first kappa shape index (κ1) is 33.9. The first-order valence-electron chi connectivity index (χ1n) is 9.04. The third kappa shape index (κ3) is 33.1. The number of nitrogens with zero attached hydrogens (tertiary/aromatic N) is 2. The summed E-state index contributed by atoms with van der Waals surface area (Å²) in [5.41, 5.74) is 3.90. The third-order valence-corrected chi connectivity index (χ3v) is 3.01. The SMILES string of the molecule is CC(/C=C(/C)[O-])=NCCN=C(C)/C=C(/C)[O-].CC1=CC(C)=[NH+]CCN1.[Ni+2].[O-][Cl+3]([O-])([O-])[O-]. The van der Waals surface area contributed by atoms with Gasteiger partial charge in [-0.3, -0.25) is 9.98 Å². The van der Waals surface area contributed by atoms with Crippen LogP contribution in [0.1, 0.15) is 41.5 Å². The second-order valence-electron chi connectivity index (χ2n) is 6.30. The van der Waals surface area contributed by atoms with Crippen LogP contribution in [-0.4, -0.2) is 43.3 Å². The molecule has 0 spiro atoms. The van der Waals surface area contributed by atoms with Crippen molar-refractivity contribution in [1.82, 2.24) is 5.32 Å². The zero-order chi connectivity index (χ0) is 23.7. The van der Waals surface area contributed by atoms with Gasteiger partial charge in [-0.15, -0.1) is 21.8 Å². The van der Waals surface area contributed by atoms with Crippen LogP contribution in [0.4, 0.5) is 0 Å². The monoisotopic (exact) mass is 504 g/mol. The minimum atomic E-state index is -4.94. The molecule has 0 unspecified atom stereocenters. The second-order valence-corrected chi connectivity index (χ2v) is 7.05. The van der Waals surface area contributed by atoms with Crippen LogP contribution < -0.4 is 39.2 Å². The van der Waals surface area contributed by atoms with Gasteiger partial charge in [0.1, 0.15) is 0 Å². The molecule has 0 aromatic rings. The van der Waals surface area contributed by atoms with Crippen molar-refractivity contribution < 1.29 is 60.6 Å². The Bertz CT molecular complexity index is 650. The van der Waals surface area contributed by atoms with Gasteiger partial charge in [-0.05, 0) is 20.8 Å². The minimum Gasteiger partial charge on any atom is -0.876 e. The zero-order valence-corrected chi connectivity index (χ0v) is 20.3. The molecule has 1 rings (SSSR count). The van der Waals surface area contributed by atoms with Gasteiger partial charge >= 0.3 is 16.5 Å². The summed E-state index contributed by atoms with van der Waals surface area (Å²) in [5, 5.41) is 24.7. The summed E-state index contributed by atoms with van der Waals surface area (Å²) in [6.45, 7) is 13.8. The van der Waals surface area contributed by atoms with E-state index in [-0.39, 0.29) is 28.0 Å². The van der Waals surface area contributed by atoms with Gasteiger partial charge in [-0.25, -0.2) is 23.6 Å². The summed E-state index contributed by atoms with van der Waals surface area (Å²) in [5.74, 6) is -0.0170. The van der Waals surface area contributed by atoms with Crippen molar-refractivity contribution in [3.63, 3.8) is 0 Å². The van der Waals surface area contributed by atoms with Gasteiger partial charge in [-0.1, -0.05) is 26.0 Å². The fourth-order valence-electron chi connectivity index (χ4n) is 2.08. The molecule has 0 saturated carbocycles. The molecule has 0 aromatic heterocycles. The van der Waals surface area contributed by atoms with E-state index in [0.717, 1.165) is 13.1 Å². The average molecular weight is 506 g/mol. The number of hydrogen-bond donors (Lipinski definition) is 2. The Morgan fingerprint density at radius 3 is 1.71 bits per heavy atom. The van der Waals surface area contributed by atoms with E-state index in [1.807, 2.05) is 0 Å². The maximum atomic E-state index is 10.7. The van der Waals surface area contributed by atoms with Crippen LogP contribution in [0.15, 0.2) is 45.4 Å². The number of rotatable bonds is 5. The van der Waals surface area contributed by atoms with E-state index in [1.165, 1.54) is 37.4 Å². The smallest absolute Gasteiger partial charge is 0.876 e. The molecule has 0 atom stereocenters. The molecule has 12 heteroatoms. The van der Waals surface area contributed by atoms with Crippen molar-refractivity contribution >= 4 is 17.1 Å². The molecule has 1 heterocycles. The van der Waals surface area contributed by atoms with Gasteiger partial charge < -0.3 is 15.5 Å². The maximum absolute atomic E-state index is 10.7. The van der Waals surface area contributed by atoms with E-state index >= 15 is 0 Å². The van der Waals surface area contributed by atoms with Crippen LogP contribution in [0.3, 0.4) is 0 Å². The van der Waals surface area contributed by atoms with Crippen LogP contribution in [0.5, 0.6) is 0 Å². The standard InChI is InChI=1S/C12H20N2O2.C7H12N2.ClHO4.Ni/c1-9(7-11(3)15)13-5-6-14-10(2)8-12(4)16;1-6-5-7(2)9-4-3-8-6;2-1(3,4)5;/h7-8,15-16H,5-6H2,1-4H3;5,8H,3-4H2,1-2H3;(H,2,3,4,5);/q;;;+2/p-2/b11-7-,12-8-,13-9?,14-10?;;;. The first-order valence-corrected chi connectivity index (χ1v) is 10.3. The second kappa shape index (κ2) is 19.0. The van der Waals surface area contributed by atoms with E-state index in [2.05, 4.69) is 40.2 Å². The molecular weight excluding hydrogens is 474 g/mol. The fraction of sp³-hybridized carbons (Fsp3) is 0.526. The van der Waals surface area contributed by atoms with Gasteiger partial charge in [0.25, 0.3) is 0 Å². The van der Waals surface area contributed by atoms with Crippen molar-refractivity contribution in [1.29, 1.82) is 0 Å². The molecule has 0 bridgehead atoms. The predicted octanol–water partition coefficient (Wildman–Crippen LogP) is -5.29. The van der Waals surface area contributed by atoms with Crippen molar-refractivity contribution in [2.24, 2.45) is 9.98 Å². The number of halogens is 1. The molecule has 180 valence electrons. The topological polar surface area (TPSA) is 189 Å². The van der Waals surface area contributed by atoms with Crippen LogP contribution in [0, 0.1) is 10.2 Å². The summed E-state index contributed by atoms with van der Waals surface area (Å²) in [6.07, 6.45) is 5.09. The summed E-state index contributed by atoms with van der Waals surface area (Å²) < 4.78 is 34.0. The normalized spacial score (nSPS) is 15.5. The van der Waals surface area contributed by atoms with E-state index in [1.54, 1.807) is 13.8 Å². The number of allylic oxidation sites excluding steroid dienone is 6. The molecule has 0 fully saturated rings. The van der Waals surface area contributed by atoms with Crippen molar-refractivity contribution in [3.05, 3.63) is 35.4 Å². The van der Waals surface area contributed by atoms with E-state index < -0.39 is 10.2 Å². The number of aliphatic imine (C=N–C) groups is 2. The van der Waals surface area contributed by atoms with Crippen LogP contribution in [0.25, 0.3) is 0 Å². The fourth-order valence-corrected chi connectivity index (χ4v) is 2.08. The van der Waals surface area contributed by atoms with Crippen LogP contribution in [0.2, 0.25) is 0 Å². The van der Waals surface area contributed by atoms with Gasteiger partial charge in [0.05, 0.1) is 19.6 Å². The third-order valence-electron chi connectivity index (χ3n) is 3.01. The van der Waals surface area contributed by atoms with Gasteiger partial charge in [0, 0.05) is 30.1 Å². The van der Waals surface area contributed by atoms with E-state index in [0.29, 0.717) is 24.5 Å². The minimum absolute atomic E-state index is 0. The first-order chi connectivity index (χ1) is 13.7. The molecule has 2 N–H and O–H groups in total. The van der Waals surface area contributed by atoms with Crippen molar-refractivity contribution in [3.8, 4) is 0 Å². The summed E-state index contributed by atoms with van der Waals surface area (Å²) >= 11 is 0. The Morgan fingerprint density at radius 2 is 1.35 bits per heavy atom. The Balaban J connectivity index is -0.000000438. The average Bonchev–Trinajstić information content (AvgIpc) is 2.72. The molecular formula is C19H31ClN4NiO6. The summed E-state index contributed by atoms with van der Waals surface area (Å²) in [6, 6.07) is 0. The molecule has 1 aliphatic rings. The quantitative estimate of drug-likeness (QED) is 0.161. The molecule has 31 heavy (non-hydrogen) atoms. The molecule has 0 radical (unpaired) electrons. The molecule has 0 amide bonds. The molecule has 0 aromatic carbocycles. The van der Waals surface area contributed by atoms with Gasteiger partial charge in [-0.2, -0.15) is 0 Å². The Hall–Kier alpha value is -1.75. The van der Waals surface area contributed by atoms with Crippen molar-refractivity contribution in [2.45, 2.75) is 41.5 Å². The van der Waals surface area contributed by atoms with Crippen LogP contribution in [-0.2, 0) is 16.5 Å². The molecule has 10 nitrogen and oxygen atoms in total. The Kier molecular flexibility index (Phi) is 20.7. The van der Waals surface area contributed by atoms with Crippen molar-refractivity contribution in [2.75, 3.05) is 26.2 Å². The predicted molar refractivity (Wildman–Crippen MR) is 102 cm³/mol. The largest absolute Gasteiger partial charge is 2.00 e. The molecule has 1 aliphatic heterocycles. The Morgan fingerprint density at radius 1 is 0.968 bits per heavy atom. The zero-order valence-electron chi connectivity index (χ0n) is 18.6. The summed E-state index contributed by atoms with van der Waals surface area (Å²) in [7, 11) is -4.94. The summed E-state index contributed by atoms with van der Waals surface area (Å²) in [4.78, 5) is 11.6. The number of hydrogen-bond acceptors (Lipinski definition) is 9. The Labute approximate surface area is 196 Å². The molecule has 0 saturated heterocycles. The van der Waals surface area contributed by atoms with Crippen LogP contribution >= 0.6 is 0 Å². The maximum Gasteiger partial charge on any atom is 2.00 e.